The fourth-order valence-electron chi connectivity index (χ4n) is 1.91. The van der Waals surface area contributed by atoms with Crippen LogP contribution < -0.4 is 14.2 Å². The number of halogens is 1. The van der Waals surface area contributed by atoms with Gasteiger partial charge in [-0.2, -0.15) is 0 Å². The van der Waals surface area contributed by atoms with Gasteiger partial charge in [0.2, 0.25) is 0 Å². The number of carbonyl (C=O) groups excluding carboxylic acids is 1. The Hall–Kier alpha value is -2.01. The van der Waals surface area contributed by atoms with E-state index in [-0.39, 0.29) is 5.78 Å². The van der Waals surface area contributed by atoms with E-state index >= 15 is 0 Å². The molecule has 0 aromatic heterocycles. The van der Waals surface area contributed by atoms with Crippen molar-refractivity contribution in [1.29, 1.82) is 0 Å². The minimum absolute atomic E-state index is 0.115. The first-order valence-corrected chi connectivity index (χ1v) is 6.99. The summed E-state index contributed by atoms with van der Waals surface area (Å²) >= 11 is 3.38. The second-order valence-electron chi connectivity index (χ2n) is 4.28. The summed E-state index contributed by atoms with van der Waals surface area (Å²) in [5.74, 6) is 1.71. The van der Waals surface area contributed by atoms with E-state index < -0.39 is 0 Å². The van der Waals surface area contributed by atoms with Gasteiger partial charge in [-0.15, -0.1) is 0 Å². The minimum atomic E-state index is -0.115. The molecule has 0 amide bonds. The highest BCUT2D eigenvalue weighted by Gasteiger charge is 2.14. The van der Waals surface area contributed by atoms with Gasteiger partial charge in [0.1, 0.15) is 17.2 Å². The molecule has 0 aliphatic rings. The molecule has 2 aromatic rings. The summed E-state index contributed by atoms with van der Waals surface area (Å²) in [6.07, 6.45) is 0. The van der Waals surface area contributed by atoms with Crippen molar-refractivity contribution in [1.82, 2.24) is 0 Å². The molecule has 2 aromatic carbocycles. The third kappa shape index (κ3) is 3.36. The molecule has 0 heterocycles. The number of rotatable bonds is 5. The second-order valence-corrected chi connectivity index (χ2v) is 5.13. The van der Waals surface area contributed by atoms with Crippen molar-refractivity contribution in [2.75, 3.05) is 21.3 Å². The summed E-state index contributed by atoms with van der Waals surface area (Å²) in [6, 6.07) is 10.3. The molecule has 0 N–H and O–H groups in total. The van der Waals surface area contributed by atoms with E-state index in [9.17, 15) is 4.79 Å². The van der Waals surface area contributed by atoms with Gasteiger partial charge < -0.3 is 14.2 Å². The topological polar surface area (TPSA) is 44.8 Å². The van der Waals surface area contributed by atoms with Gasteiger partial charge in [0.25, 0.3) is 0 Å². The van der Waals surface area contributed by atoms with Crippen molar-refractivity contribution in [3.8, 4) is 17.2 Å². The van der Waals surface area contributed by atoms with E-state index in [4.69, 9.17) is 14.2 Å². The molecule has 0 aliphatic carbocycles. The van der Waals surface area contributed by atoms with Crippen LogP contribution in [0.2, 0.25) is 0 Å². The SMILES string of the molecule is COc1cc(OC)cc(C(=O)c2ccc(OC)c(Br)c2)c1. The molecule has 5 heteroatoms. The van der Waals surface area contributed by atoms with Crippen molar-refractivity contribution < 1.29 is 19.0 Å². The Morgan fingerprint density at radius 2 is 1.48 bits per heavy atom. The molecule has 0 fully saturated rings. The highest BCUT2D eigenvalue weighted by molar-refractivity contribution is 9.10. The zero-order valence-electron chi connectivity index (χ0n) is 12.0. The van der Waals surface area contributed by atoms with E-state index in [0.717, 1.165) is 4.47 Å². The lowest BCUT2D eigenvalue weighted by Crippen LogP contribution is -2.03. The lowest BCUT2D eigenvalue weighted by atomic mass is 10.0. The quantitative estimate of drug-likeness (QED) is 0.771. The molecule has 0 radical (unpaired) electrons. The molecular formula is C16H15BrO4. The summed E-state index contributed by atoms with van der Waals surface area (Å²) in [5, 5.41) is 0. The molecule has 4 nitrogen and oxygen atoms in total. The van der Waals surface area contributed by atoms with Crippen molar-refractivity contribution in [2.45, 2.75) is 0 Å². The third-order valence-corrected chi connectivity index (χ3v) is 3.65. The predicted octanol–water partition coefficient (Wildman–Crippen LogP) is 3.71. The number of hydrogen-bond acceptors (Lipinski definition) is 4. The monoisotopic (exact) mass is 350 g/mol. The molecule has 0 aliphatic heterocycles. The first kappa shape index (κ1) is 15.4. The van der Waals surface area contributed by atoms with Crippen molar-refractivity contribution >= 4 is 21.7 Å². The molecule has 0 saturated heterocycles. The number of ketones is 1. The highest BCUT2D eigenvalue weighted by atomic mass is 79.9. The fraction of sp³-hybridized carbons (Fsp3) is 0.188. The van der Waals surface area contributed by atoms with Crippen molar-refractivity contribution in [3.63, 3.8) is 0 Å². The van der Waals surface area contributed by atoms with Crippen LogP contribution in [0.3, 0.4) is 0 Å². The van der Waals surface area contributed by atoms with Gasteiger partial charge in [-0.25, -0.2) is 0 Å². The Morgan fingerprint density at radius 3 is 1.95 bits per heavy atom. The molecule has 0 unspecified atom stereocenters. The number of carbonyl (C=O) groups is 1. The summed E-state index contributed by atoms with van der Waals surface area (Å²) in [4.78, 5) is 12.6. The normalized spacial score (nSPS) is 10.1. The van der Waals surface area contributed by atoms with Crippen molar-refractivity contribution in [3.05, 3.63) is 52.0 Å². The molecule has 2 rings (SSSR count). The minimum Gasteiger partial charge on any atom is -0.497 e. The maximum absolute atomic E-state index is 12.6. The number of hydrogen-bond donors (Lipinski definition) is 0. The van der Waals surface area contributed by atoms with E-state index in [1.54, 1.807) is 57.7 Å². The summed E-state index contributed by atoms with van der Waals surface area (Å²) in [5.41, 5.74) is 1.06. The largest absolute Gasteiger partial charge is 0.497 e. The van der Waals surface area contributed by atoms with Gasteiger partial charge in [0.15, 0.2) is 5.78 Å². The van der Waals surface area contributed by atoms with Crippen LogP contribution in [-0.4, -0.2) is 27.1 Å². The Balaban J connectivity index is 2.41. The summed E-state index contributed by atoms with van der Waals surface area (Å²) in [6.45, 7) is 0. The third-order valence-electron chi connectivity index (χ3n) is 3.03. The molecule has 0 saturated carbocycles. The molecule has 21 heavy (non-hydrogen) atoms. The Bertz CT molecular complexity index is 645. The Morgan fingerprint density at radius 1 is 0.857 bits per heavy atom. The van der Waals surface area contributed by atoms with Gasteiger partial charge >= 0.3 is 0 Å². The molecule has 0 spiro atoms. The lowest BCUT2D eigenvalue weighted by Gasteiger charge is -2.09. The summed E-state index contributed by atoms with van der Waals surface area (Å²) < 4.78 is 16.3. The molecule has 0 bridgehead atoms. The van der Waals surface area contributed by atoms with Gasteiger partial charge in [0, 0.05) is 17.2 Å². The summed E-state index contributed by atoms with van der Waals surface area (Å²) in [7, 11) is 4.68. The first-order valence-electron chi connectivity index (χ1n) is 6.20. The average molecular weight is 351 g/mol. The van der Waals surface area contributed by atoms with Crippen LogP contribution in [0.5, 0.6) is 17.2 Å². The van der Waals surface area contributed by atoms with Crippen LogP contribution in [-0.2, 0) is 0 Å². The average Bonchev–Trinajstić information content (AvgIpc) is 2.53. The van der Waals surface area contributed by atoms with Crippen LogP contribution in [0.1, 0.15) is 15.9 Å². The zero-order valence-corrected chi connectivity index (χ0v) is 13.6. The lowest BCUT2D eigenvalue weighted by molar-refractivity contribution is 0.103. The zero-order chi connectivity index (χ0) is 15.4. The maximum atomic E-state index is 12.6. The van der Waals surface area contributed by atoms with E-state index in [1.165, 1.54) is 0 Å². The molecular weight excluding hydrogens is 336 g/mol. The predicted molar refractivity (Wildman–Crippen MR) is 83.7 cm³/mol. The maximum Gasteiger partial charge on any atom is 0.193 e. The van der Waals surface area contributed by atoms with Gasteiger partial charge in [-0.1, -0.05) is 0 Å². The van der Waals surface area contributed by atoms with Crippen LogP contribution in [0.4, 0.5) is 0 Å². The Labute approximate surface area is 131 Å². The highest BCUT2D eigenvalue weighted by Crippen LogP contribution is 2.28. The smallest absolute Gasteiger partial charge is 0.193 e. The second kappa shape index (κ2) is 6.63. The number of ether oxygens (including phenoxy) is 3. The molecule has 110 valence electrons. The van der Waals surface area contributed by atoms with Gasteiger partial charge in [0.05, 0.1) is 25.8 Å². The van der Waals surface area contributed by atoms with E-state index in [1.807, 2.05) is 0 Å². The van der Waals surface area contributed by atoms with Crippen molar-refractivity contribution in [2.24, 2.45) is 0 Å². The van der Waals surface area contributed by atoms with E-state index in [0.29, 0.717) is 28.4 Å². The van der Waals surface area contributed by atoms with Crippen LogP contribution in [0, 0.1) is 0 Å². The van der Waals surface area contributed by atoms with Gasteiger partial charge in [-0.3, -0.25) is 4.79 Å². The first-order chi connectivity index (χ1) is 10.1. The Kier molecular flexibility index (Phi) is 4.85. The number of benzene rings is 2. The standard InChI is InChI=1S/C16H15BrO4/c1-19-12-6-11(7-13(9-12)20-2)16(18)10-4-5-15(21-3)14(17)8-10/h4-9H,1-3H3. The molecule has 0 atom stereocenters. The van der Waals surface area contributed by atoms with E-state index in [2.05, 4.69) is 15.9 Å². The van der Waals surface area contributed by atoms with Crippen LogP contribution in [0.15, 0.2) is 40.9 Å². The van der Waals surface area contributed by atoms with Crippen LogP contribution >= 0.6 is 15.9 Å². The van der Waals surface area contributed by atoms with Crippen LogP contribution in [0.25, 0.3) is 0 Å². The number of methoxy groups -OCH3 is 3. The fourth-order valence-corrected chi connectivity index (χ4v) is 2.45. The van der Waals surface area contributed by atoms with Gasteiger partial charge in [-0.05, 0) is 46.3 Å².